The van der Waals surface area contributed by atoms with Gasteiger partial charge in [0.1, 0.15) is 0 Å². The first-order valence-electron chi connectivity index (χ1n) is 5.90. The maximum Gasteiger partial charge on any atom is 0.312 e. The van der Waals surface area contributed by atoms with Crippen molar-refractivity contribution in [2.75, 3.05) is 6.61 Å². The highest BCUT2D eigenvalue weighted by molar-refractivity contribution is 7.89. The molecule has 6 heteroatoms. The van der Waals surface area contributed by atoms with Crippen LogP contribution < -0.4 is 5.14 Å². The maximum absolute atomic E-state index is 11.5. The van der Waals surface area contributed by atoms with Crippen molar-refractivity contribution in [2.24, 2.45) is 10.6 Å². The van der Waals surface area contributed by atoms with Gasteiger partial charge < -0.3 is 4.74 Å². The van der Waals surface area contributed by atoms with E-state index in [9.17, 15) is 13.2 Å². The Bertz CT molecular complexity index is 660. The van der Waals surface area contributed by atoms with E-state index in [0.717, 1.165) is 0 Å². The smallest absolute Gasteiger partial charge is 0.312 e. The molecule has 0 saturated carbocycles. The normalized spacial score (nSPS) is 11.4. The minimum Gasteiger partial charge on any atom is -0.452 e. The van der Waals surface area contributed by atoms with E-state index < -0.39 is 15.4 Å². The lowest BCUT2D eigenvalue weighted by Gasteiger charge is -2.14. The maximum atomic E-state index is 11.5. The predicted octanol–water partition coefficient (Wildman–Crippen LogP) is 1.27. The van der Waals surface area contributed by atoms with Gasteiger partial charge >= 0.3 is 5.97 Å². The molecule has 5 nitrogen and oxygen atoms in total. The van der Waals surface area contributed by atoms with Gasteiger partial charge in [-0.25, -0.2) is 13.6 Å². The Kier molecular flexibility index (Phi) is 4.93. The van der Waals surface area contributed by atoms with Crippen LogP contribution in [0, 0.1) is 17.3 Å². The Hall–Kier alpha value is -1.84. The van der Waals surface area contributed by atoms with E-state index in [0.29, 0.717) is 0 Å². The highest BCUT2D eigenvalue weighted by Crippen LogP contribution is 2.15. The van der Waals surface area contributed by atoms with E-state index in [1.54, 1.807) is 39.0 Å². The highest BCUT2D eigenvalue weighted by atomic mass is 32.2. The zero-order chi connectivity index (χ0) is 15.4. The van der Waals surface area contributed by atoms with Crippen molar-refractivity contribution in [3.8, 4) is 11.8 Å². The van der Waals surface area contributed by atoms with Crippen molar-refractivity contribution in [1.29, 1.82) is 0 Å². The molecule has 0 radical (unpaired) electrons. The van der Waals surface area contributed by atoms with Gasteiger partial charge in [0.05, 0.1) is 10.3 Å². The fraction of sp³-hybridized carbons (Fsp3) is 0.357. The van der Waals surface area contributed by atoms with E-state index >= 15 is 0 Å². The number of primary sulfonamides is 1. The highest BCUT2D eigenvalue weighted by Gasteiger charge is 2.22. The van der Waals surface area contributed by atoms with Gasteiger partial charge in [0.2, 0.25) is 10.0 Å². The van der Waals surface area contributed by atoms with Crippen LogP contribution in [0.5, 0.6) is 0 Å². The average molecular weight is 295 g/mol. The third kappa shape index (κ3) is 4.68. The molecule has 0 aromatic heterocycles. The molecule has 1 aromatic carbocycles. The van der Waals surface area contributed by atoms with Crippen LogP contribution in [0.4, 0.5) is 0 Å². The Morgan fingerprint density at radius 1 is 1.30 bits per heavy atom. The van der Waals surface area contributed by atoms with Crippen molar-refractivity contribution >= 4 is 16.0 Å². The van der Waals surface area contributed by atoms with Crippen molar-refractivity contribution in [3.05, 3.63) is 29.8 Å². The molecule has 0 bridgehead atoms. The molecule has 0 aliphatic rings. The molecule has 1 aromatic rings. The lowest BCUT2D eigenvalue weighted by molar-refractivity contribution is -0.151. The fourth-order valence-electron chi connectivity index (χ4n) is 1.27. The van der Waals surface area contributed by atoms with Gasteiger partial charge in [-0.05, 0) is 32.9 Å². The number of esters is 1. The van der Waals surface area contributed by atoms with Crippen molar-refractivity contribution < 1.29 is 17.9 Å². The number of rotatable bonds is 2. The molecule has 0 saturated heterocycles. The molecule has 0 aliphatic carbocycles. The SMILES string of the molecule is CC(C)(C)C(=O)OCC#Cc1ccccc1S(N)(=O)=O. The fourth-order valence-corrected chi connectivity index (χ4v) is 1.96. The van der Waals surface area contributed by atoms with Gasteiger partial charge in [-0.3, -0.25) is 4.79 Å². The van der Waals surface area contributed by atoms with E-state index in [1.165, 1.54) is 6.07 Å². The summed E-state index contributed by atoms with van der Waals surface area (Å²) in [4.78, 5) is 11.4. The molecule has 108 valence electrons. The first-order chi connectivity index (χ1) is 9.12. The first-order valence-corrected chi connectivity index (χ1v) is 7.45. The zero-order valence-corrected chi connectivity index (χ0v) is 12.5. The number of ether oxygens (including phenoxy) is 1. The summed E-state index contributed by atoms with van der Waals surface area (Å²) in [6.07, 6.45) is 0. The topological polar surface area (TPSA) is 86.5 Å². The van der Waals surface area contributed by atoms with Gasteiger partial charge in [-0.15, -0.1) is 0 Å². The van der Waals surface area contributed by atoms with Crippen LogP contribution in [0.15, 0.2) is 29.2 Å². The molecular weight excluding hydrogens is 278 g/mol. The number of hydrogen-bond acceptors (Lipinski definition) is 4. The van der Waals surface area contributed by atoms with Crippen LogP contribution in [0.2, 0.25) is 0 Å². The van der Waals surface area contributed by atoms with Gasteiger partial charge in [0, 0.05) is 5.56 Å². The largest absolute Gasteiger partial charge is 0.452 e. The number of sulfonamides is 1. The van der Waals surface area contributed by atoms with Crippen LogP contribution in [-0.4, -0.2) is 21.0 Å². The number of carbonyl (C=O) groups is 1. The van der Waals surface area contributed by atoms with Gasteiger partial charge in [-0.2, -0.15) is 0 Å². The summed E-state index contributed by atoms with van der Waals surface area (Å²) >= 11 is 0. The van der Waals surface area contributed by atoms with Crippen LogP contribution in [-0.2, 0) is 19.6 Å². The minimum atomic E-state index is -3.82. The third-order valence-corrected chi connectivity index (χ3v) is 3.27. The standard InChI is InChI=1S/C14H17NO4S/c1-14(2,3)13(16)19-10-6-8-11-7-4-5-9-12(11)20(15,17)18/h4-5,7,9H,10H2,1-3H3,(H2,15,17,18). The second kappa shape index (κ2) is 6.07. The number of carbonyl (C=O) groups excluding carboxylic acids is 1. The Morgan fingerprint density at radius 3 is 2.45 bits per heavy atom. The van der Waals surface area contributed by atoms with E-state index in [4.69, 9.17) is 9.88 Å². The summed E-state index contributed by atoms with van der Waals surface area (Å²) in [5.41, 5.74) is -0.318. The minimum absolute atomic E-state index is 0.0466. The molecule has 1 rings (SSSR count). The quantitative estimate of drug-likeness (QED) is 0.657. The summed E-state index contributed by atoms with van der Waals surface area (Å²) in [6.45, 7) is 5.10. The zero-order valence-electron chi connectivity index (χ0n) is 11.6. The second-order valence-corrected chi connectivity index (χ2v) is 6.70. The van der Waals surface area contributed by atoms with Crippen LogP contribution >= 0.6 is 0 Å². The molecule has 0 atom stereocenters. The van der Waals surface area contributed by atoms with Crippen LogP contribution in [0.3, 0.4) is 0 Å². The number of nitrogens with two attached hydrogens (primary N) is 1. The first kappa shape index (κ1) is 16.2. The van der Waals surface area contributed by atoms with Crippen LogP contribution in [0.25, 0.3) is 0 Å². The summed E-state index contributed by atoms with van der Waals surface area (Å²) in [5, 5.41) is 5.09. The molecule has 0 fully saturated rings. The number of hydrogen-bond donors (Lipinski definition) is 1. The van der Waals surface area contributed by atoms with Crippen molar-refractivity contribution in [3.63, 3.8) is 0 Å². The van der Waals surface area contributed by atoms with E-state index in [2.05, 4.69) is 11.8 Å². The molecule has 0 unspecified atom stereocenters. The summed E-state index contributed by atoms with van der Waals surface area (Å²) in [6, 6.07) is 6.13. The summed E-state index contributed by atoms with van der Waals surface area (Å²) < 4.78 is 27.7. The molecule has 0 aliphatic heterocycles. The molecule has 0 amide bonds. The van der Waals surface area contributed by atoms with Gasteiger partial charge in [0.15, 0.2) is 6.61 Å². The molecular formula is C14H17NO4S. The van der Waals surface area contributed by atoms with E-state index in [1.807, 2.05) is 0 Å². The third-order valence-electron chi connectivity index (χ3n) is 2.30. The van der Waals surface area contributed by atoms with Gasteiger partial charge in [0.25, 0.3) is 0 Å². The van der Waals surface area contributed by atoms with E-state index in [-0.39, 0.29) is 23.0 Å². The lowest BCUT2D eigenvalue weighted by Crippen LogP contribution is -2.23. The Labute approximate surface area is 119 Å². The second-order valence-electron chi connectivity index (χ2n) is 5.17. The molecule has 0 spiro atoms. The Morgan fingerprint density at radius 2 is 1.90 bits per heavy atom. The average Bonchev–Trinajstić information content (AvgIpc) is 2.32. The molecule has 2 N–H and O–H groups in total. The summed E-state index contributed by atoms with van der Waals surface area (Å²) in [5.74, 6) is 4.88. The monoisotopic (exact) mass is 295 g/mol. The van der Waals surface area contributed by atoms with Crippen molar-refractivity contribution in [1.82, 2.24) is 0 Å². The Balaban J connectivity index is 2.82. The molecule has 0 heterocycles. The molecule has 20 heavy (non-hydrogen) atoms. The predicted molar refractivity (Wildman–Crippen MR) is 75.1 cm³/mol. The van der Waals surface area contributed by atoms with Gasteiger partial charge in [-0.1, -0.05) is 24.0 Å². The van der Waals surface area contributed by atoms with Crippen LogP contribution in [0.1, 0.15) is 26.3 Å². The van der Waals surface area contributed by atoms with Crippen molar-refractivity contribution in [2.45, 2.75) is 25.7 Å². The summed E-state index contributed by atoms with van der Waals surface area (Å²) in [7, 11) is -3.82. The lowest BCUT2D eigenvalue weighted by atomic mass is 9.97. The number of benzene rings is 1.